The van der Waals surface area contributed by atoms with E-state index in [1.54, 1.807) is 0 Å². The van der Waals surface area contributed by atoms with Gasteiger partial charge in [0.15, 0.2) is 0 Å². The predicted octanol–water partition coefficient (Wildman–Crippen LogP) is 6.13. The first-order valence-corrected chi connectivity index (χ1v) is 8.38. The van der Waals surface area contributed by atoms with Crippen LogP contribution in [0.5, 0.6) is 5.75 Å². The molecule has 0 saturated carbocycles. The third-order valence-corrected chi connectivity index (χ3v) is 3.95. The number of phenols is 1. The van der Waals surface area contributed by atoms with Crippen LogP contribution in [0.25, 0.3) is 0 Å². The molecule has 0 heterocycles. The summed E-state index contributed by atoms with van der Waals surface area (Å²) < 4.78 is 0. The van der Waals surface area contributed by atoms with E-state index < -0.39 is 0 Å². The first kappa shape index (κ1) is 18.1. The van der Waals surface area contributed by atoms with Gasteiger partial charge in [-0.05, 0) is 60.5 Å². The van der Waals surface area contributed by atoms with Crippen LogP contribution in [0.2, 0.25) is 0 Å². The zero-order chi connectivity index (χ0) is 16.1. The summed E-state index contributed by atoms with van der Waals surface area (Å²) in [6, 6.07) is 6.25. The lowest BCUT2D eigenvalue weighted by Gasteiger charge is -2.19. The largest absolute Gasteiger partial charge is 0.507 e. The fourth-order valence-corrected chi connectivity index (χ4v) is 2.67. The lowest BCUT2D eigenvalue weighted by atomic mass is 9.87. The molecule has 1 N–H and O–H groups in total. The summed E-state index contributed by atoms with van der Waals surface area (Å²) in [5.41, 5.74) is 2.99. The predicted molar refractivity (Wildman–Crippen MR) is 92.9 cm³/mol. The number of benzene rings is 1. The number of phenolic OH excluding ortho intramolecular Hbond substituents is 1. The topological polar surface area (TPSA) is 20.2 Å². The number of aryl methyl sites for hydroxylation is 2. The standard InChI is InChI=1S/C20H34O/c1-19(2,3)14-8-12-16-10-7-11-17(18(16)21)13-9-15-20(4,5)6/h7,10-11,21H,8-9,12-15H2,1-6H3. The maximum Gasteiger partial charge on any atom is 0.121 e. The second-order valence-corrected chi connectivity index (χ2v) is 8.75. The van der Waals surface area contributed by atoms with Crippen LogP contribution < -0.4 is 0 Å². The maximum absolute atomic E-state index is 10.4. The molecule has 0 amide bonds. The molecule has 1 aromatic carbocycles. The second kappa shape index (κ2) is 7.33. The molecule has 0 aromatic heterocycles. The van der Waals surface area contributed by atoms with Crippen LogP contribution in [0.3, 0.4) is 0 Å². The molecule has 0 fully saturated rings. The van der Waals surface area contributed by atoms with Crippen molar-refractivity contribution in [3.8, 4) is 5.75 Å². The highest BCUT2D eigenvalue weighted by Gasteiger charge is 2.13. The lowest BCUT2D eigenvalue weighted by molar-refractivity contribution is 0.361. The Bertz CT molecular complexity index is 394. The molecule has 0 spiro atoms. The van der Waals surface area contributed by atoms with Crippen molar-refractivity contribution < 1.29 is 5.11 Å². The van der Waals surface area contributed by atoms with E-state index in [4.69, 9.17) is 0 Å². The van der Waals surface area contributed by atoms with Gasteiger partial charge in [-0.1, -0.05) is 59.7 Å². The van der Waals surface area contributed by atoms with Gasteiger partial charge in [0.25, 0.3) is 0 Å². The monoisotopic (exact) mass is 290 g/mol. The Morgan fingerprint density at radius 2 is 1.14 bits per heavy atom. The van der Waals surface area contributed by atoms with Crippen molar-refractivity contribution in [2.24, 2.45) is 10.8 Å². The minimum Gasteiger partial charge on any atom is -0.507 e. The summed E-state index contributed by atoms with van der Waals surface area (Å²) in [6.07, 6.45) is 6.64. The summed E-state index contributed by atoms with van der Waals surface area (Å²) in [6.45, 7) is 13.6. The van der Waals surface area contributed by atoms with Crippen molar-refractivity contribution in [2.45, 2.75) is 80.1 Å². The molecule has 0 bridgehead atoms. The molecule has 120 valence electrons. The molecular weight excluding hydrogens is 256 g/mol. The Balaban J connectivity index is 2.57. The average molecular weight is 290 g/mol. The molecule has 0 unspecified atom stereocenters. The molecule has 0 aliphatic carbocycles. The van der Waals surface area contributed by atoms with Crippen LogP contribution in [0, 0.1) is 10.8 Å². The number of hydrogen-bond donors (Lipinski definition) is 1. The lowest BCUT2D eigenvalue weighted by Crippen LogP contribution is -2.06. The van der Waals surface area contributed by atoms with E-state index >= 15 is 0 Å². The molecule has 1 aromatic rings. The van der Waals surface area contributed by atoms with E-state index in [0.29, 0.717) is 16.6 Å². The van der Waals surface area contributed by atoms with Gasteiger partial charge in [0.05, 0.1) is 0 Å². The zero-order valence-corrected chi connectivity index (χ0v) is 14.9. The molecule has 0 aliphatic heterocycles. The van der Waals surface area contributed by atoms with Gasteiger partial charge in [-0.3, -0.25) is 0 Å². The Morgan fingerprint density at radius 1 is 0.762 bits per heavy atom. The zero-order valence-electron chi connectivity index (χ0n) is 14.9. The van der Waals surface area contributed by atoms with Gasteiger partial charge in [-0.15, -0.1) is 0 Å². The van der Waals surface area contributed by atoms with E-state index in [-0.39, 0.29) is 0 Å². The Morgan fingerprint density at radius 3 is 1.48 bits per heavy atom. The summed E-state index contributed by atoms with van der Waals surface area (Å²) in [5, 5.41) is 10.4. The number of aromatic hydroxyl groups is 1. The SMILES string of the molecule is CC(C)(C)CCCc1cccc(CCCC(C)(C)C)c1O. The summed E-state index contributed by atoms with van der Waals surface area (Å²) in [4.78, 5) is 0. The molecule has 0 aliphatic rings. The van der Waals surface area contributed by atoms with E-state index in [1.807, 2.05) is 0 Å². The third-order valence-electron chi connectivity index (χ3n) is 3.95. The molecule has 0 radical (unpaired) electrons. The Labute approximate surface area is 131 Å². The fourth-order valence-electron chi connectivity index (χ4n) is 2.67. The van der Waals surface area contributed by atoms with E-state index in [0.717, 1.165) is 36.8 Å². The molecule has 1 rings (SSSR count). The highest BCUT2D eigenvalue weighted by atomic mass is 16.3. The van der Waals surface area contributed by atoms with E-state index in [2.05, 4.69) is 59.7 Å². The highest BCUT2D eigenvalue weighted by molar-refractivity contribution is 5.40. The van der Waals surface area contributed by atoms with Gasteiger partial charge < -0.3 is 5.11 Å². The fraction of sp³-hybridized carbons (Fsp3) is 0.700. The summed E-state index contributed by atoms with van der Waals surface area (Å²) in [5.74, 6) is 0.542. The van der Waals surface area contributed by atoms with Crippen LogP contribution in [0.1, 0.15) is 78.4 Å². The molecule has 0 saturated heterocycles. The average Bonchev–Trinajstić information content (AvgIpc) is 2.30. The van der Waals surface area contributed by atoms with Crippen molar-refractivity contribution >= 4 is 0 Å². The van der Waals surface area contributed by atoms with Crippen molar-refractivity contribution in [3.63, 3.8) is 0 Å². The van der Waals surface area contributed by atoms with Crippen molar-refractivity contribution in [1.29, 1.82) is 0 Å². The van der Waals surface area contributed by atoms with Crippen LogP contribution in [-0.4, -0.2) is 5.11 Å². The summed E-state index contributed by atoms with van der Waals surface area (Å²) >= 11 is 0. The van der Waals surface area contributed by atoms with Gasteiger partial charge in [0.1, 0.15) is 5.75 Å². The van der Waals surface area contributed by atoms with Crippen molar-refractivity contribution in [3.05, 3.63) is 29.3 Å². The first-order valence-electron chi connectivity index (χ1n) is 8.38. The van der Waals surface area contributed by atoms with Crippen LogP contribution >= 0.6 is 0 Å². The van der Waals surface area contributed by atoms with Crippen LogP contribution in [0.15, 0.2) is 18.2 Å². The highest BCUT2D eigenvalue weighted by Crippen LogP contribution is 2.29. The number of hydrogen-bond acceptors (Lipinski definition) is 1. The second-order valence-electron chi connectivity index (χ2n) is 8.75. The minimum atomic E-state index is 0.375. The molecular formula is C20H34O. The van der Waals surface area contributed by atoms with Crippen molar-refractivity contribution in [1.82, 2.24) is 0 Å². The van der Waals surface area contributed by atoms with Gasteiger partial charge in [0.2, 0.25) is 0 Å². The number of para-hydroxylation sites is 1. The third kappa shape index (κ3) is 7.55. The normalized spacial score (nSPS) is 12.7. The quantitative estimate of drug-likeness (QED) is 0.668. The van der Waals surface area contributed by atoms with E-state index in [9.17, 15) is 5.11 Å². The number of rotatable bonds is 6. The molecule has 1 nitrogen and oxygen atoms in total. The van der Waals surface area contributed by atoms with Gasteiger partial charge in [0, 0.05) is 0 Å². The first-order chi connectivity index (χ1) is 9.58. The van der Waals surface area contributed by atoms with Gasteiger partial charge >= 0.3 is 0 Å². The van der Waals surface area contributed by atoms with Gasteiger partial charge in [-0.25, -0.2) is 0 Å². The van der Waals surface area contributed by atoms with E-state index in [1.165, 1.54) is 12.8 Å². The minimum absolute atomic E-state index is 0.375. The maximum atomic E-state index is 10.4. The van der Waals surface area contributed by atoms with Crippen LogP contribution in [-0.2, 0) is 12.8 Å². The molecule has 1 heteroatoms. The molecule has 0 atom stereocenters. The van der Waals surface area contributed by atoms with Crippen LogP contribution in [0.4, 0.5) is 0 Å². The Kier molecular flexibility index (Phi) is 6.31. The van der Waals surface area contributed by atoms with Crippen molar-refractivity contribution in [2.75, 3.05) is 0 Å². The molecule has 21 heavy (non-hydrogen) atoms. The smallest absolute Gasteiger partial charge is 0.121 e. The summed E-state index contributed by atoms with van der Waals surface area (Å²) in [7, 11) is 0. The Hall–Kier alpha value is -0.980. The van der Waals surface area contributed by atoms with Gasteiger partial charge in [-0.2, -0.15) is 0 Å².